The zero-order chi connectivity index (χ0) is 12.7. The fraction of sp³-hybridized carbons (Fsp3) is 0.333. The van der Waals surface area contributed by atoms with Crippen LogP contribution in [0.3, 0.4) is 0 Å². The Hall–Kier alpha value is -1.14. The van der Waals surface area contributed by atoms with E-state index in [9.17, 15) is 4.79 Å². The van der Waals surface area contributed by atoms with Crippen LogP contribution < -0.4 is 0 Å². The number of imidazole rings is 1. The Bertz CT molecular complexity index is 591. The van der Waals surface area contributed by atoms with Gasteiger partial charge in [-0.25, -0.2) is 4.98 Å². The molecule has 0 bridgehead atoms. The number of carbonyl (C=O) groups is 1. The Morgan fingerprint density at radius 1 is 1.61 bits per heavy atom. The Kier molecular flexibility index (Phi) is 2.99. The van der Waals surface area contributed by atoms with Gasteiger partial charge in [0.1, 0.15) is 5.69 Å². The molecule has 0 radical (unpaired) electrons. The summed E-state index contributed by atoms with van der Waals surface area (Å²) in [6.07, 6.45) is 1.45. The van der Waals surface area contributed by atoms with Gasteiger partial charge in [0, 0.05) is 12.2 Å². The van der Waals surface area contributed by atoms with Crippen molar-refractivity contribution in [2.75, 3.05) is 0 Å². The van der Waals surface area contributed by atoms with Crippen LogP contribution in [-0.2, 0) is 17.8 Å². The van der Waals surface area contributed by atoms with E-state index in [0.717, 1.165) is 27.4 Å². The molecule has 6 heteroatoms. The maximum absolute atomic E-state index is 11.1. The minimum absolute atomic E-state index is 0.306. The lowest BCUT2D eigenvalue weighted by molar-refractivity contribution is -0.142. The molecule has 3 rings (SSSR count). The minimum Gasteiger partial charge on any atom is -0.481 e. The number of rotatable bonds is 2. The van der Waals surface area contributed by atoms with Gasteiger partial charge in [-0.2, -0.15) is 0 Å². The molecule has 0 fully saturated rings. The fourth-order valence-corrected chi connectivity index (χ4v) is 3.60. The predicted molar refractivity (Wildman–Crippen MR) is 72.7 cm³/mol. The Morgan fingerprint density at radius 3 is 3.11 bits per heavy atom. The number of carboxylic acid groups (broad SMARTS) is 1. The first kappa shape index (κ1) is 11.9. The Morgan fingerprint density at radius 2 is 2.44 bits per heavy atom. The van der Waals surface area contributed by atoms with Crippen LogP contribution in [0.2, 0.25) is 0 Å². The predicted octanol–water partition coefficient (Wildman–Crippen LogP) is 3.02. The van der Waals surface area contributed by atoms with Crippen molar-refractivity contribution < 1.29 is 9.90 Å². The lowest BCUT2D eigenvalue weighted by Gasteiger charge is -2.21. The standard InChI is InChI=1S/C12H11BrN2O2S/c13-12-14-10(9-2-1-5-18-9)8-4-3-7(11(16)17)6-15(8)12/h1-2,5,7H,3-4,6H2,(H,16,17). The lowest BCUT2D eigenvalue weighted by Crippen LogP contribution is -2.26. The maximum atomic E-state index is 11.1. The third kappa shape index (κ3) is 1.89. The van der Waals surface area contributed by atoms with Crippen LogP contribution in [0.25, 0.3) is 10.6 Å². The van der Waals surface area contributed by atoms with E-state index in [1.807, 2.05) is 22.1 Å². The summed E-state index contributed by atoms with van der Waals surface area (Å²) >= 11 is 5.08. The van der Waals surface area contributed by atoms with Crippen LogP contribution in [0, 0.1) is 5.92 Å². The highest BCUT2D eigenvalue weighted by atomic mass is 79.9. The summed E-state index contributed by atoms with van der Waals surface area (Å²) in [5, 5.41) is 11.1. The number of carboxylic acids is 1. The molecule has 0 saturated heterocycles. The summed E-state index contributed by atoms with van der Waals surface area (Å²) in [5.74, 6) is -1.03. The van der Waals surface area contributed by atoms with E-state index < -0.39 is 5.97 Å². The quantitative estimate of drug-likeness (QED) is 0.922. The first-order valence-corrected chi connectivity index (χ1v) is 7.35. The average Bonchev–Trinajstić information content (AvgIpc) is 2.97. The molecule has 1 unspecified atom stereocenters. The largest absolute Gasteiger partial charge is 0.481 e. The molecular formula is C12H11BrN2O2S. The van der Waals surface area contributed by atoms with E-state index in [1.165, 1.54) is 0 Å². The molecule has 1 aliphatic heterocycles. The summed E-state index contributed by atoms with van der Waals surface area (Å²) in [6, 6.07) is 4.05. The van der Waals surface area contributed by atoms with Crippen molar-refractivity contribution in [2.45, 2.75) is 19.4 Å². The average molecular weight is 327 g/mol. The van der Waals surface area contributed by atoms with Crippen molar-refractivity contribution in [3.63, 3.8) is 0 Å². The molecular weight excluding hydrogens is 316 g/mol. The number of hydrogen-bond donors (Lipinski definition) is 1. The van der Waals surface area contributed by atoms with Gasteiger partial charge in [-0.15, -0.1) is 11.3 Å². The lowest BCUT2D eigenvalue weighted by atomic mass is 9.97. The summed E-state index contributed by atoms with van der Waals surface area (Å²) in [4.78, 5) is 16.7. The summed E-state index contributed by atoms with van der Waals surface area (Å²) in [7, 11) is 0. The summed E-state index contributed by atoms with van der Waals surface area (Å²) < 4.78 is 2.71. The zero-order valence-corrected chi connectivity index (χ0v) is 11.9. The normalized spacial score (nSPS) is 18.6. The molecule has 0 amide bonds. The highest BCUT2D eigenvalue weighted by Crippen LogP contribution is 2.34. The van der Waals surface area contributed by atoms with Crippen LogP contribution in [-0.4, -0.2) is 20.6 Å². The molecule has 18 heavy (non-hydrogen) atoms. The van der Waals surface area contributed by atoms with Crippen molar-refractivity contribution in [3.8, 4) is 10.6 Å². The molecule has 0 aliphatic carbocycles. The Balaban J connectivity index is 2.03. The van der Waals surface area contributed by atoms with Crippen LogP contribution >= 0.6 is 27.3 Å². The zero-order valence-electron chi connectivity index (χ0n) is 9.47. The number of nitrogens with zero attached hydrogens (tertiary/aromatic N) is 2. The first-order valence-electron chi connectivity index (χ1n) is 5.68. The number of hydrogen-bond acceptors (Lipinski definition) is 3. The molecule has 94 valence electrons. The highest BCUT2D eigenvalue weighted by molar-refractivity contribution is 9.10. The number of aliphatic carboxylic acids is 1. The molecule has 0 aromatic carbocycles. The van der Waals surface area contributed by atoms with Crippen LogP contribution in [0.15, 0.2) is 22.2 Å². The molecule has 0 saturated carbocycles. The van der Waals surface area contributed by atoms with E-state index in [-0.39, 0.29) is 5.92 Å². The van der Waals surface area contributed by atoms with Gasteiger partial charge in [0.2, 0.25) is 0 Å². The molecule has 3 heterocycles. The topological polar surface area (TPSA) is 55.1 Å². The van der Waals surface area contributed by atoms with Crippen molar-refractivity contribution in [1.82, 2.24) is 9.55 Å². The highest BCUT2D eigenvalue weighted by Gasteiger charge is 2.28. The molecule has 0 spiro atoms. The van der Waals surface area contributed by atoms with Gasteiger partial charge in [0.25, 0.3) is 0 Å². The van der Waals surface area contributed by atoms with E-state index in [2.05, 4.69) is 20.9 Å². The van der Waals surface area contributed by atoms with Gasteiger partial charge < -0.3 is 9.67 Å². The van der Waals surface area contributed by atoms with Gasteiger partial charge in [-0.1, -0.05) is 6.07 Å². The molecule has 1 aliphatic rings. The second kappa shape index (κ2) is 4.51. The second-order valence-electron chi connectivity index (χ2n) is 4.34. The monoisotopic (exact) mass is 326 g/mol. The summed E-state index contributed by atoms with van der Waals surface area (Å²) in [6.45, 7) is 0.504. The minimum atomic E-state index is -0.723. The molecule has 2 aromatic rings. The van der Waals surface area contributed by atoms with Gasteiger partial charge in [-0.3, -0.25) is 4.79 Å². The van der Waals surface area contributed by atoms with Crippen molar-refractivity contribution >= 4 is 33.2 Å². The third-order valence-corrected chi connectivity index (χ3v) is 4.74. The number of fused-ring (bicyclic) bond motifs is 1. The number of halogens is 1. The van der Waals surface area contributed by atoms with E-state index in [1.54, 1.807) is 11.3 Å². The smallest absolute Gasteiger partial charge is 0.308 e. The second-order valence-corrected chi connectivity index (χ2v) is 5.99. The molecule has 4 nitrogen and oxygen atoms in total. The number of thiophene rings is 1. The SMILES string of the molecule is O=C(O)C1CCc2c(-c3cccs3)nc(Br)n2C1. The third-order valence-electron chi connectivity index (χ3n) is 3.26. The molecule has 1 N–H and O–H groups in total. The fourth-order valence-electron chi connectivity index (χ4n) is 2.33. The molecule has 2 aromatic heterocycles. The van der Waals surface area contributed by atoms with Crippen molar-refractivity contribution in [3.05, 3.63) is 27.9 Å². The first-order chi connectivity index (χ1) is 8.66. The van der Waals surface area contributed by atoms with Gasteiger partial charge in [-0.05, 0) is 40.2 Å². The van der Waals surface area contributed by atoms with Crippen LogP contribution in [0.4, 0.5) is 0 Å². The number of aromatic nitrogens is 2. The maximum Gasteiger partial charge on any atom is 0.308 e. The van der Waals surface area contributed by atoms with E-state index in [4.69, 9.17) is 5.11 Å². The van der Waals surface area contributed by atoms with Gasteiger partial charge >= 0.3 is 5.97 Å². The van der Waals surface area contributed by atoms with Gasteiger partial charge in [0.05, 0.1) is 10.8 Å². The van der Waals surface area contributed by atoms with Crippen molar-refractivity contribution in [2.24, 2.45) is 5.92 Å². The van der Waals surface area contributed by atoms with E-state index >= 15 is 0 Å². The molecule has 1 atom stereocenters. The van der Waals surface area contributed by atoms with Crippen LogP contribution in [0.1, 0.15) is 12.1 Å². The van der Waals surface area contributed by atoms with Crippen molar-refractivity contribution in [1.29, 1.82) is 0 Å². The van der Waals surface area contributed by atoms with Crippen LogP contribution in [0.5, 0.6) is 0 Å². The summed E-state index contributed by atoms with van der Waals surface area (Å²) in [5.41, 5.74) is 2.13. The van der Waals surface area contributed by atoms with E-state index in [0.29, 0.717) is 13.0 Å². The Labute approximate surface area is 116 Å². The van der Waals surface area contributed by atoms with Gasteiger partial charge in [0.15, 0.2) is 4.73 Å².